The predicted octanol–water partition coefficient (Wildman–Crippen LogP) is 3.09. The first kappa shape index (κ1) is 13.7. The topological polar surface area (TPSA) is 49.9 Å². The average Bonchev–Trinajstić information content (AvgIpc) is 2.40. The molecule has 98 valence electrons. The first-order valence-corrected chi connectivity index (χ1v) is 6.51. The number of halogens is 2. The molecule has 0 amide bonds. The van der Waals surface area contributed by atoms with E-state index in [1.165, 1.54) is 24.4 Å². The van der Waals surface area contributed by atoms with Gasteiger partial charge in [0.1, 0.15) is 5.82 Å². The standard InChI is InChI=1S/C14H11BrFNO2/c15-10-7-12(14(19)17-8-10)13(18)6-3-9-1-4-11(16)5-2-9/h1-2,4-5,7-8H,3,6H2,(H,17,19). The second kappa shape index (κ2) is 5.93. The highest BCUT2D eigenvalue weighted by molar-refractivity contribution is 9.10. The summed E-state index contributed by atoms with van der Waals surface area (Å²) in [6, 6.07) is 7.48. The highest BCUT2D eigenvalue weighted by Crippen LogP contribution is 2.11. The molecule has 1 N–H and O–H groups in total. The maximum absolute atomic E-state index is 12.7. The van der Waals surface area contributed by atoms with E-state index in [2.05, 4.69) is 20.9 Å². The molecule has 5 heteroatoms. The average molecular weight is 324 g/mol. The fourth-order valence-electron chi connectivity index (χ4n) is 1.71. The van der Waals surface area contributed by atoms with Crippen molar-refractivity contribution in [1.29, 1.82) is 0 Å². The molecule has 0 aliphatic carbocycles. The maximum Gasteiger partial charge on any atom is 0.258 e. The number of Topliss-reactive ketones (excluding diaryl/α,β-unsaturated/α-hetero) is 1. The number of ketones is 1. The van der Waals surface area contributed by atoms with Gasteiger partial charge in [-0.3, -0.25) is 9.59 Å². The van der Waals surface area contributed by atoms with Gasteiger partial charge < -0.3 is 4.98 Å². The van der Waals surface area contributed by atoms with E-state index in [4.69, 9.17) is 0 Å². The van der Waals surface area contributed by atoms with Crippen LogP contribution in [0.1, 0.15) is 22.3 Å². The van der Waals surface area contributed by atoms with E-state index in [0.29, 0.717) is 10.9 Å². The minimum atomic E-state index is -0.396. The van der Waals surface area contributed by atoms with Gasteiger partial charge in [0.05, 0.1) is 5.56 Å². The van der Waals surface area contributed by atoms with Crippen molar-refractivity contribution in [2.75, 3.05) is 0 Å². The Morgan fingerprint density at radius 1 is 1.26 bits per heavy atom. The molecule has 0 fully saturated rings. The Morgan fingerprint density at radius 2 is 1.95 bits per heavy atom. The number of aromatic nitrogens is 1. The molecule has 1 heterocycles. The van der Waals surface area contributed by atoms with Gasteiger partial charge in [0.25, 0.3) is 5.56 Å². The third kappa shape index (κ3) is 3.61. The highest BCUT2D eigenvalue weighted by atomic mass is 79.9. The molecule has 19 heavy (non-hydrogen) atoms. The molecule has 2 rings (SSSR count). The number of pyridine rings is 1. The Hall–Kier alpha value is -1.75. The summed E-state index contributed by atoms with van der Waals surface area (Å²) in [5.74, 6) is -0.537. The summed E-state index contributed by atoms with van der Waals surface area (Å²) < 4.78 is 13.4. The van der Waals surface area contributed by atoms with E-state index in [-0.39, 0.29) is 23.6 Å². The predicted molar refractivity (Wildman–Crippen MR) is 73.8 cm³/mol. The number of H-pyrrole nitrogens is 1. The Labute approximate surface area is 117 Å². The molecule has 0 unspecified atom stereocenters. The Bertz CT molecular complexity index is 649. The first-order valence-electron chi connectivity index (χ1n) is 5.72. The maximum atomic E-state index is 12.7. The number of aromatic amines is 1. The van der Waals surface area contributed by atoms with Gasteiger partial charge in [0.15, 0.2) is 5.78 Å². The molecule has 0 spiro atoms. The van der Waals surface area contributed by atoms with E-state index in [1.807, 2.05) is 0 Å². The number of carbonyl (C=O) groups excluding carboxylic acids is 1. The Balaban J connectivity index is 2.07. The van der Waals surface area contributed by atoms with Gasteiger partial charge in [0.2, 0.25) is 0 Å². The molecular weight excluding hydrogens is 313 g/mol. The molecule has 0 atom stereocenters. The molecule has 0 bridgehead atoms. The van der Waals surface area contributed by atoms with E-state index < -0.39 is 5.56 Å². The van der Waals surface area contributed by atoms with Crippen LogP contribution >= 0.6 is 15.9 Å². The Morgan fingerprint density at radius 3 is 2.63 bits per heavy atom. The molecule has 2 aromatic rings. The third-order valence-corrected chi connectivity index (χ3v) is 3.18. The van der Waals surface area contributed by atoms with Crippen molar-refractivity contribution in [3.8, 4) is 0 Å². The normalized spacial score (nSPS) is 10.4. The van der Waals surface area contributed by atoms with Gasteiger partial charge in [-0.2, -0.15) is 0 Å². The van der Waals surface area contributed by atoms with Crippen LogP contribution in [0.4, 0.5) is 4.39 Å². The van der Waals surface area contributed by atoms with Gasteiger partial charge in [-0.05, 0) is 46.1 Å². The number of hydrogen-bond acceptors (Lipinski definition) is 2. The fourth-order valence-corrected chi connectivity index (χ4v) is 2.05. The van der Waals surface area contributed by atoms with Crippen LogP contribution < -0.4 is 5.56 Å². The van der Waals surface area contributed by atoms with Crippen LogP contribution in [0.2, 0.25) is 0 Å². The van der Waals surface area contributed by atoms with Crippen LogP contribution in [0, 0.1) is 5.82 Å². The lowest BCUT2D eigenvalue weighted by Gasteiger charge is -2.02. The quantitative estimate of drug-likeness (QED) is 0.879. The largest absolute Gasteiger partial charge is 0.327 e. The van der Waals surface area contributed by atoms with Gasteiger partial charge in [-0.15, -0.1) is 0 Å². The molecule has 0 aliphatic rings. The number of carbonyl (C=O) groups is 1. The summed E-state index contributed by atoms with van der Waals surface area (Å²) in [4.78, 5) is 25.9. The summed E-state index contributed by atoms with van der Waals surface area (Å²) >= 11 is 3.20. The zero-order valence-electron chi connectivity index (χ0n) is 9.95. The van der Waals surface area contributed by atoms with Gasteiger partial charge >= 0.3 is 0 Å². The van der Waals surface area contributed by atoms with E-state index >= 15 is 0 Å². The molecule has 3 nitrogen and oxygen atoms in total. The van der Waals surface area contributed by atoms with E-state index in [9.17, 15) is 14.0 Å². The second-order valence-electron chi connectivity index (χ2n) is 4.11. The van der Waals surface area contributed by atoms with E-state index in [0.717, 1.165) is 5.56 Å². The minimum Gasteiger partial charge on any atom is -0.327 e. The lowest BCUT2D eigenvalue weighted by atomic mass is 10.0. The smallest absolute Gasteiger partial charge is 0.258 e. The molecule has 0 radical (unpaired) electrons. The molecular formula is C14H11BrFNO2. The van der Waals surface area contributed by atoms with Crippen molar-refractivity contribution < 1.29 is 9.18 Å². The zero-order valence-corrected chi connectivity index (χ0v) is 11.5. The third-order valence-electron chi connectivity index (χ3n) is 2.72. The van der Waals surface area contributed by atoms with Crippen LogP contribution in [-0.2, 0) is 6.42 Å². The first-order chi connectivity index (χ1) is 9.06. The van der Waals surface area contributed by atoms with Crippen molar-refractivity contribution >= 4 is 21.7 Å². The van der Waals surface area contributed by atoms with Crippen molar-refractivity contribution in [3.63, 3.8) is 0 Å². The minimum absolute atomic E-state index is 0.136. The van der Waals surface area contributed by atoms with Crippen LogP contribution in [-0.4, -0.2) is 10.8 Å². The number of nitrogens with one attached hydrogen (secondary N) is 1. The molecule has 0 aliphatic heterocycles. The lowest BCUT2D eigenvalue weighted by Crippen LogP contribution is -2.17. The summed E-state index contributed by atoms with van der Waals surface area (Å²) in [5, 5.41) is 0. The van der Waals surface area contributed by atoms with E-state index in [1.54, 1.807) is 12.1 Å². The number of rotatable bonds is 4. The molecule has 1 aromatic heterocycles. The molecule has 0 saturated heterocycles. The van der Waals surface area contributed by atoms with Crippen molar-refractivity contribution in [2.45, 2.75) is 12.8 Å². The molecule has 1 aromatic carbocycles. The number of hydrogen-bond donors (Lipinski definition) is 1. The summed E-state index contributed by atoms with van der Waals surface area (Å²) in [7, 11) is 0. The van der Waals surface area contributed by atoms with Gasteiger partial charge in [0, 0.05) is 17.1 Å². The fraction of sp³-hybridized carbons (Fsp3) is 0.143. The SMILES string of the molecule is O=C(CCc1ccc(F)cc1)c1cc(Br)c[nH]c1=O. The van der Waals surface area contributed by atoms with Crippen molar-refractivity contribution in [2.24, 2.45) is 0 Å². The monoisotopic (exact) mass is 323 g/mol. The lowest BCUT2D eigenvalue weighted by molar-refractivity contribution is 0.0981. The van der Waals surface area contributed by atoms with Crippen LogP contribution in [0.15, 0.2) is 45.8 Å². The Kier molecular flexibility index (Phi) is 4.27. The van der Waals surface area contributed by atoms with Gasteiger partial charge in [-0.1, -0.05) is 12.1 Å². The number of benzene rings is 1. The van der Waals surface area contributed by atoms with Crippen LogP contribution in [0.5, 0.6) is 0 Å². The highest BCUT2D eigenvalue weighted by Gasteiger charge is 2.11. The van der Waals surface area contributed by atoms with Crippen LogP contribution in [0.3, 0.4) is 0 Å². The molecule has 0 saturated carbocycles. The number of aryl methyl sites for hydroxylation is 1. The van der Waals surface area contributed by atoms with Crippen molar-refractivity contribution in [3.05, 3.63) is 68.3 Å². The summed E-state index contributed by atoms with van der Waals surface area (Å²) in [6.07, 6.45) is 2.18. The van der Waals surface area contributed by atoms with Gasteiger partial charge in [-0.25, -0.2) is 4.39 Å². The van der Waals surface area contributed by atoms with Crippen molar-refractivity contribution in [1.82, 2.24) is 4.98 Å². The summed E-state index contributed by atoms with van der Waals surface area (Å²) in [5.41, 5.74) is 0.602. The van der Waals surface area contributed by atoms with Crippen LogP contribution in [0.25, 0.3) is 0 Å². The zero-order chi connectivity index (χ0) is 13.8. The second-order valence-corrected chi connectivity index (χ2v) is 5.03. The summed E-state index contributed by atoms with van der Waals surface area (Å²) in [6.45, 7) is 0.